The molecular formula is C16H23NO5. The highest BCUT2D eigenvalue weighted by Crippen LogP contribution is 2.27. The van der Waals surface area contributed by atoms with Crippen molar-refractivity contribution in [2.24, 2.45) is 4.99 Å². The zero-order valence-electron chi connectivity index (χ0n) is 13.3. The van der Waals surface area contributed by atoms with E-state index in [9.17, 15) is 4.79 Å². The van der Waals surface area contributed by atoms with E-state index >= 15 is 0 Å². The van der Waals surface area contributed by atoms with E-state index in [4.69, 9.17) is 18.9 Å². The Hall–Kier alpha value is -2.08. The number of hydrogen-bond acceptors (Lipinski definition) is 6. The molecule has 0 radical (unpaired) electrons. The van der Waals surface area contributed by atoms with Gasteiger partial charge in [-0.05, 0) is 30.7 Å². The van der Waals surface area contributed by atoms with Crippen molar-refractivity contribution in [3.05, 3.63) is 23.8 Å². The lowest BCUT2D eigenvalue weighted by atomic mass is 10.2. The number of carbonyl (C=O) groups excluding carboxylic acids is 1. The molecule has 0 amide bonds. The monoisotopic (exact) mass is 309 g/mol. The first-order valence-electron chi connectivity index (χ1n) is 7.16. The number of nitrogens with zero attached hydrogens (tertiary/aromatic N) is 1. The van der Waals surface area contributed by atoms with Gasteiger partial charge in [0.05, 0.1) is 20.3 Å². The van der Waals surface area contributed by atoms with Gasteiger partial charge in [-0.3, -0.25) is 9.79 Å². The molecule has 0 aliphatic rings. The molecule has 0 unspecified atom stereocenters. The summed E-state index contributed by atoms with van der Waals surface area (Å²) in [5.74, 6) is 0.946. The maximum Gasteiger partial charge on any atom is 0.327 e. The van der Waals surface area contributed by atoms with Crippen LogP contribution in [0, 0.1) is 0 Å². The Morgan fingerprint density at radius 1 is 1.23 bits per heavy atom. The van der Waals surface area contributed by atoms with E-state index in [0.717, 1.165) is 12.0 Å². The summed E-state index contributed by atoms with van der Waals surface area (Å²) in [5, 5.41) is 0. The number of methoxy groups -OCH3 is 2. The number of esters is 1. The van der Waals surface area contributed by atoms with E-state index < -0.39 is 0 Å². The number of hydrogen-bond donors (Lipinski definition) is 0. The van der Waals surface area contributed by atoms with Crippen LogP contribution in [-0.4, -0.2) is 52.8 Å². The lowest BCUT2D eigenvalue weighted by Crippen LogP contribution is -2.07. The van der Waals surface area contributed by atoms with Crippen LogP contribution in [0.2, 0.25) is 0 Å². The van der Waals surface area contributed by atoms with Crippen LogP contribution in [0.3, 0.4) is 0 Å². The van der Waals surface area contributed by atoms with Crippen molar-refractivity contribution in [3.8, 4) is 11.5 Å². The second-order valence-corrected chi connectivity index (χ2v) is 4.38. The van der Waals surface area contributed by atoms with Crippen LogP contribution in [0.15, 0.2) is 23.2 Å². The standard InChI is InChI=1S/C16H23NO5/c1-4-21-16(18)12-17-11-13-6-7-14(20-3)15(10-13)22-9-5-8-19-2/h6-7,10-11H,4-5,8-9,12H2,1-3H3. The Morgan fingerprint density at radius 2 is 2.05 bits per heavy atom. The van der Waals surface area contributed by atoms with Gasteiger partial charge in [-0.15, -0.1) is 0 Å². The summed E-state index contributed by atoms with van der Waals surface area (Å²) in [7, 11) is 3.24. The highest BCUT2D eigenvalue weighted by Gasteiger charge is 2.05. The number of rotatable bonds is 10. The Balaban J connectivity index is 2.64. The van der Waals surface area contributed by atoms with Crippen molar-refractivity contribution in [2.45, 2.75) is 13.3 Å². The fourth-order valence-electron chi connectivity index (χ4n) is 1.70. The van der Waals surface area contributed by atoms with E-state index in [1.165, 1.54) is 0 Å². The van der Waals surface area contributed by atoms with Crippen molar-refractivity contribution < 1.29 is 23.7 Å². The Labute approximate surface area is 131 Å². The molecule has 0 aliphatic heterocycles. The molecule has 0 N–H and O–H groups in total. The third-order valence-corrected chi connectivity index (χ3v) is 2.70. The van der Waals surface area contributed by atoms with Gasteiger partial charge < -0.3 is 18.9 Å². The molecule has 1 aromatic rings. The van der Waals surface area contributed by atoms with Gasteiger partial charge in [0.25, 0.3) is 0 Å². The smallest absolute Gasteiger partial charge is 0.327 e. The maximum absolute atomic E-state index is 11.2. The lowest BCUT2D eigenvalue weighted by molar-refractivity contribution is -0.141. The summed E-state index contributed by atoms with van der Waals surface area (Å²) in [6.45, 7) is 3.30. The predicted molar refractivity (Wildman–Crippen MR) is 84.1 cm³/mol. The Kier molecular flexibility index (Phi) is 8.67. The summed E-state index contributed by atoms with van der Waals surface area (Å²) in [4.78, 5) is 15.3. The molecule has 0 atom stereocenters. The highest BCUT2D eigenvalue weighted by atomic mass is 16.5. The summed E-state index contributed by atoms with van der Waals surface area (Å²) < 4.78 is 20.7. The molecule has 6 nitrogen and oxygen atoms in total. The molecule has 1 aromatic carbocycles. The van der Waals surface area contributed by atoms with Gasteiger partial charge in [-0.2, -0.15) is 0 Å². The van der Waals surface area contributed by atoms with Crippen molar-refractivity contribution >= 4 is 12.2 Å². The first-order valence-corrected chi connectivity index (χ1v) is 7.16. The minimum Gasteiger partial charge on any atom is -0.493 e. The zero-order valence-corrected chi connectivity index (χ0v) is 13.3. The van der Waals surface area contributed by atoms with Crippen LogP contribution in [0.25, 0.3) is 0 Å². The number of carbonyl (C=O) groups is 1. The van der Waals surface area contributed by atoms with Crippen LogP contribution in [-0.2, 0) is 14.3 Å². The first-order chi connectivity index (χ1) is 10.7. The fraction of sp³-hybridized carbons (Fsp3) is 0.500. The van der Waals surface area contributed by atoms with Crippen LogP contribution in [0.1, 0.15) is 18.9 Å². The van der Waals surface area contributed by atoms with E-state index in [1.807, 2.05) is 12.1 Å². The van der Waals surface area contributed by atoms with Crippen LogP contribution >= 0.6 is 0 Å². The molecule has 6 heteroatoms. The van der Waals surface area contributed by atoms with Gasteiger partial charge in [-0.1, -0.05) is 0 Å². The van der Waals surface area contributed by atoms with Crippen LogP contribution in [0.5, 0.6) is 11.5 Å². The topological polar surface area (TPSA) is 66.4 Å². The molecule has 0 heterocycles. The van der Waals surface area contributed by atoms with Crippen molar-refractivity contribution in [3.63, 3.8) is 0 Å². The van der Waals surface area contributed by atoms with Gasteiger partial charge in [-0.25, -0.2) is 0 Å². The molecule has 0 bridgehead atoms. The highest BCUT2D eigenvalue weighted by molar-refractivity contribution is 5.83. The number of ether oxygens (including phenoxy) is 4. The normalized spacial score (nSPS) is 10.7. The lowest BCUT2D eigenvalue weighted by Gasteiger charge is -2.11. The van der Waals surface area contributed by atoms with Gasteiger partial charge in [0, 0.05) is 26.4 Å². The SMILES string of the molecule is CCOC(=O)CN=Cc1ccc(OC)c(OCCCOC)c1. The first kappa shape index (κ1) is 18.0. The molecule has 22 heavy (non-hydrogen) atoms. The van der Waals surface area contributed by atoms with Crippen molar-refractivity contribution in [2.75, 3.05) is 40.6 Å². The Morgan fingerprint density at radius 3 is 2.73 bits per heavy atom. The molecule has 0 saturated carbocycles. The molecule has 0 aromatic heterocycles. The Bertz CT molecular complexity index is 487. The van der Waals surface area contributed by atoms with Gasteiger partial charge in [0.1, 0.15) is 6.54 Å². The minimum atomic E-state index is -0.344. The van der Waals surface area contributed by atoms with E-state index in [2.05, 4.69) is 4.99 Å². The van der Waals surface area contributed by atoms with E-state index in [-0.39, 0.29) is 12.5 Å². The van der Waals surface area contributed by atoms with E-state index in [1.54, 1.807) is 33.4 Å². The third kappa shape index (κ3) is 6.58. The number of benzene rings is 1. The number of aliphatic imine (C=N–C) groups is 1. The third-order valence-electron chi connectivity index (χ3n) is 2.70. The average Bonchev–Trinajstić information content (AvgIpc) is 2.52. The molecule has 122 valence electrons. The van der Waals surface area contributed by atoms with Crippen LogP contribution in [0.4, 0.5) is 0 Å². The summed E-state index contributed by atoms with van der Waals surface area (Å²) in [5.41, 5.74) is 0.826. The second kappa shape index (κ2) is 10.6. The zero-order chi connectivity index (χ0) is 16.2. The average molecular weight is 309 g/mol. The minimum absolute atomic E-state index is 0.00387. The van der Waals surface area contributed by atoms with Gasteiger partial charge in [0.15, 0.2) is 11.5 Å². The van der Waals surface area contributed by atoms with Crippen molar-refractivity contribution in [1.82, 2.24) is 0 Å². The van der Waals surface area contributed by atoms with Crippen LogP contribution < -0.4 is 9.47 Å². The van der Waals surface area contributed by atoms with Gasteiger partial charge >= 0.3 is 5.97 Å². The largest absolute Gasteiger partial charge is 0.493 e. The molecule has 0 spiro atoms. The molecular weight excluding hydrogens is 286 g/mol. The molecule has 1 rings (SSSR count). The quantitative estimate of drug-likeness (QED) is 0.376. The predicted octanol–water partition coefficient (Wildman–Crippen LogP) is 2.09. The maximum atomic E-state index is 11.2. The van der Waals surface area contributed by atoms with Gasteiger partial charge in [0.2, 0.25) is 0 Å². The summed E-state index contributed by atoms with van der Waals surface area (Å²) in [6.07, 6.45) is 2.40. The molecule has 0 aliphatic carbocycles. The van der Waals surface area contributed by atoms with Crippen molar-refractivity contribution in [1.29, 1.82) is 0 Å². The summed E-state index contributed by atoms with van der Waals surface area (Å²) in [6, 6.07) is 5.47. The molecule has 0 fully saturated rings. The molecule has 0 saturated heterocycles. The second-order valence-electron chi connectivity index (χ2n) is 4.38. The fourth-order valence-corrected chi connectivity index (χ4v) is 1.70. The van der Waals surface area contributed by atoms with E-state index in [0.29, 0.717) is 31.3 Å². The summed E-state index contributed by atoms with van der Waals surface area (Å²) >= 11 is 0.